The molecule has 0 aliphatic heterocycles. The van der Waals surface area contributed by atoms with Crippen molar-refractivity contribution in [1.29, 1.82) is 0 Å². The van der Waals surface area contributed by atoms with Crippen molar-refractivity contribution >= 4 is 17.3 Å². The van der Waals surface area contributed by atoms with Crippen molar-refractivity contribution in [1.82, 2.24) is 0 Å². The zero-order valence-corrected chi connectivity index (χ0v) is 9.00. The molecule has 0 aliphatic carbocycles. The minimum atomic E-state index is 0.742. The van der Waals surface area contributed by atoms with Gasteiger partial charge in [0, 0.05) is 5.70 Å². The van der Waals surface area contributed by atoms with Gasteiger partial charge in [0.05, 0.1) is 10.7 Å². The molecule has 0 spiro atoms. The van der Waals surface area contributed by atoms with Crippen LogP contribution in [0, 0.1) is 13.8 Å². The summed E-state index contributed by atoms with van der Waals surface area (Å²) >= 11 is 6.04. The van der Waals surface area contributed by atoms with E-state index in [1.165, 1.54) is 11.1 Å². The van der Waals surface area contributed by atoms with Crippen LogP contribution in [0.25, 0.3) is 0 Å². The van der Waals surface area contributed by atoms with Crippen LogP contribution in [-0.2, 0) is 0 Å². The Morgan fingerprint density at radius 2 is 1.85 bits per heavy atom. The first-order valence-corrected chi connectivity index (χ1v) is 4.58. The molecule has 1 aromatic rings. The van der Waals surface area contributed by atoms with Crippen LogP contribution in [-0.4, -0.2) is 0 Å². The van der Waals surface area contributed by atoms with Crippen molar-refractivity contribution < 1.29 is 0 Å². The van der Waals surface area contributed by atoms with E-state index >= 15 is 0 Å². The number of hydrogen-bond donors (Lipinski definition) is 1. The first kappa shape index (κ1) is 10.1. The zero-order valence-electron chi connectivity index (χ0n) is 8.24. The Hall–Kier alpha value is -0.950. The van der Waals surface area contributed by atoms with Gasteiger partial charge in [0.25, 0.3) is 0 Å². The van der Waals surface area contributed by atoms with Crippen molar-refractivity contribution in [3.05, 3.63) is 40.6 Å². The zero-order chi connectivity index (χ0) is 10.0. The molecule has 70 valence electrons. The van der Waals surface area contributed by atoms with Crippen LogP contribution in [0.15, 0.2) is 24.4 Å². The van der Waals surface area contributed by atoms with E-state index in [0.29, 0.717) is 0 Å². The molecule has 1 rings (SSSR count). The lowest BCUT2D eigenvalue weighted by Gasteiger charge is -2.10. The van der Waals surface area contributed by atoms with E-state index in [1.807, 2.05) is 26.0 Å². The molecule has 1 nitrogen and oxygen atoms in total. The molecule has 1 aromatic carbocycles. The smallest absolute Gasteiger partial charge is 0.0643 e. The minimum Gasteiger partial charge on any atom is -0.359 e. The van der Waals surface area contributed by atoms with Gasteiger partial charge in [-0.25, -0.2) is 0 Å². The second kappa shape index (κ2) is 3.84. The van der Waals surface area contributed by atoms with Gasteiger partial charge >= 0.3 is 0 Å². The molecule has 0 saturated heterocycles. The van der Waals surface area contributed by atoms with Crippen LogP contribution >= 0.6 is 11.6 Å². The summed E-state index contributed by atoms with van der Waals surface area (Å²) in [5.41, 5.74) is 4.26. The minimum absolute atomic E-state index is 0.742. The molecule has 0 radical (unpaired) electrons. The molecule has 13 heavy (non-hydrogen) atoms. The maximum Gasteiger partial charge on any atom is 0.0643 e. The van der Waals surface area contributed by atoms with Crippen LogP contribution in [0.2, 0.25) is 5.02 Å². The number of hydrogen-bond acceptors (Lipinski definition) is 1. The maximum atomic E-state index is 6.04. The molecule has 0 bridgehead atoms. The van der Waals surface area contributed by atoms with Crippen LogP contribution in [0.1, 0.15) is 18.1 Å². The Bertz CT molecular complexity index is 342. The quantitative estimate of drug-likeness (QED) is 0.755. The van der Waals surface area contributed by atoms with E-state index in [1.54, 1.807) is 0 Å². The molecule has 0 heterocycles. The fourth-order valence-corrected chi connectivity index (χ4v) is 1.37. The maximum absolute atomic E-state index is 6.04. The summed E-state index contributed by atoms with van der Waals surface area (Å²) in [6, 6.07) is 3.99. The van der Waals surface area contributed by atoms with Crippen molar-refractivity contribution in [2.75, 3.05) is 5.32 Å². The second-order valence-corrected chi connectivity index (χ2v) is 3.73. The number of aryl methyl sites for hydroxylation is 2. The average Bonchev–Trinajstić information content (AvgIpc) is 1.99. The van der Waals surface area contributed by atoms with Crippen molar-refractivity contribution in [2.24, 2.45) is 0 Å². The lowest BCUT2D eigenvalue weighted by Crippen LogP contribution is -1.95. The third-order valence-electron chi connectivity index (χ3n) is 1.93. The Labute approximate surface area is 84.4 Å². The van der Waals surface area contributed by atoms with Crippen LogP contribution in [0.5, 0.6) is 0 Å². The van der Waals surface area contributed by atoms with Gasteiger partial charge in [-0.2, -0.15) is 0 Å². The monoisotopic (exact) mass is 195 g/mol. The lowest BCUT2D eigenvalue weighted by molar-refractivity contribution is 1.32. The van der Waals surface area contributed by atoms with Crippen molar-refractivity contribution in [3.63, 3.8) is 0 Å². The summed E-state index contributed by atoms with van der Waals surface area (Å²) in [6.07, 6.45) is 0. The van der Waals surface area contributed by atoms with Crippen molar-refractivity contribution in [2.45, 2.75) is 20.8 Å². The van der Waals surface area contributed by atoms with E-state index in [2.05, 4.69) is 18.8 Å². The fourth-order valence-electron chi connectivity index (χ4n) is 1.11. The highest BCUT2D eigenvalue weighted by molar-refractivity contribution is 6.33. The Morgan fingerprint density at radius 3 is 2.38 bits per heavy atom. The molecule has 1 N–H and O–H groups in total. The lowest BCUT2D eigenvalue weighted by atomic mass is 10.1. The fraction of sp³-hybridized carbons (Fsp3) is 0.273. The van der Waals surface area contributed by atoms with Gasteiger partial charge in [-0.05, 0) is 44.0 Å². The number of halogens is 1. The van der Waals surface area contributed by atoms with Crippen LogP contribution in [0.3, 0.4) is 0 Å². The van der Waals surface area contributed by atoms with Crippen LogP contribution in [0.4, 0.5) is 5.69 Å². The summed E-state index contributed by atoms with van der Waals surface area (Å²) in [6.45, 7) is 9.79. The van der Waals surface area contributed by atoms with E-state index in [4.69, 9.17) is 11.6 Å². The highest BCUT2D eigenvalue weighted by atomic mass is 35.5. The highest BCUT2D eigenvalue weighted by Crippen LogP contribution is 2.26. The van der Waals surface area contributed by atoms with Gasteiger partial charge in [0.1, 0.15) is 0 Å². The first-order valence-electron chi connectivity index (χ1n) is 4.20. The Balaban J connectivity index is 3.08. The van der Waals surface area contributed by atoms with Gasteiger partial charge in [-0.3, -0.25) is 0 Å². The van der Waals surface area contributed by atoms with E-state index < -0.39 is 0 Å². The standard InChI is InChI=1S/C11H14ClN/c1-7(2)13-11-6-9(4)8(3)5-10(11)12/h5-6,13H,1H2,2-4H3. The molecular weight excluding hydrogens is 182 g/mol. The number of nitrogens with one attached hydrogen (secondary N) is 1. The predicted octanol–water partition coefficient (Wildman–Crippen LogP) is 3.90. The average molecular weight is 196 g/mol. The van der Waals surface area contributed by atoms with Gasteiger partial charge in [0.15, 0.2) is 0 Å². The Morgan fingerprint density at radius 1 is 1.31 bits per heavy atom. The number of benzene rings is 1. The normalized spacial score (nSPS) is 9.85. The topological polar surface area (TPSA) is 12.0 Å². The van der Waals surface area contributed by atoms with E-state index in [-0.39, 0.29) is 0 Å². The van der Waals surface area contributed by atoms with Crippen molar-refractivity contribution in [3.8, 4) is 0 Å². The van der Waals surface area contributed by atoms with Gasteiger partial charge in [-0.1, -0.05) is 18.2 Å². The van der Waals surface area contributed by atoms with E-state index in [0.717, 1.165) is 16.4 Å². The summed E-state index contributed by atoms with van der Waals surface area (Å²) in [4.78, 5) is 0. The number of allylic oxidation sites excluding steroid dienone is 1. The van der Waals surface area contributed by atoms with Gasteiger partial charge in [0.2, 0.25) is 0 Å². The predicted molar refractivity (Wildman–Crippen MR) is 59.4 cm³/mol. The molecule has 0 aromatic heterocycles. The highest BCUT2D eigenvalue weighted by Gasteiger charge is 2.02. The number of anilines is 1. The molecule has 0 unspecified atom stereocenters. The van der Waals surface area contributed by atoms with Gasteiger partial charge < -0.3 is 5.32 Å². The molecule has 0 atom stereocenters. The third-order valence-corrected chi connectivity index (χ3v) is 2.24. The molecule has 2 heteroatoms. The summed E-state index contributed by atoms with van der Waals surface area (Å²) in [5.74, 6) is 0. The molecule has 0 amide bonds. The summed E-state index contributed by atoms with van der Waals surface area (Å²) < 4.78 is 0. The van der Waals surface area contributed by atoms with Gasteiger partial charge in [-0.15, -0.1) is 0 Å². The number of rotatable bonds is 2. The summed E-state index contributed by atoms with van der Waals surface area (Å²) in [5, 5.41) is 3.86. The third kappa shape index (κ3) is 2.49. The summed E-state index contributed by atoms with van der Waals surface area (Å²) in [7, 11) is 0. The largest absolute Gasteiger partial charge is 0.359 e. The first-order chi connectivity index (χ1) is 6.00. The molecule has 0 saturated carbocycles. The second-order valence-electron chi connectivity index (χ2n) is 3.32. The SMILES string of the molecule is C=C(C)Nc1cc(C)c(C)cc1Cl. The molecule has 0 aliphatic rings. The van der Waals surface area contributed by atoms with E-state index in [9.17, 15) is 0 Å². The molecule has 0 fully saturated rings. The Kier molecular flexibility index (Phi) is 2.99. The molecular formula is C11H14ClN. The van der Waals surface area contributed by atoms with Crippen LogP contribution < -0.4 is 5.32 Å².